The third-order valence-corrected chi connectivity index (χ3v) is 5.38. The highest BCUT2D eigenvalue weighted by Gasteiger charge is 2.34. The Bertz CT molecular complexity index is 1170. The summed E-state index contributed by atoms with van der Waals surface area (Å²) in [5.41, 5.74) is 3.74. The van der Waals surface area contributed by atoms with Gasteiger partial charge in [-0.1, -0.05) is 0 Å². The number of carbonyl (C=O) groups is 2. The van der Waals surface area contributed by atoms with Gasteiger partial charge < -0.3 is 16.0 Å². The molecule has 0 bridgehead atoms. The van der Waals surface area contributed by atoms with Crippen molar-refractivity contribution < 1.29 is 9.59 Å². The highest BCUT2D eigenvalue weighted by Crippen LogP contribution is 2.32. The van der Waals surface area contributed by atoms with Gasteiger partial charge in [0, 0.05) is 32.3 Å². The summed E-state index contributed by atoms with van der Waals surface area (Å²) in [5.74, 6) is -0.210. The number of anilines is 1. The van der Waals surface area contributed by atoms with Crippen LogP contribution in [0, 0.1) is 17.2 Å². The van der Waals surface area contributed by atoms with E-state index in [-0.39, 0.29) is 23.8 Å². The molecule has 3 heterocycles. The number of aromatic nitrogens is 3. The molecule has 3 aromatic heterocycles. The molecule has 0 aliphatic heterocycles. The van der Waals surface area contributed by atoms with Crippen LogP contribution in [0.25, 0.3) is 16.9 Å². The first kappa shape index (κ1) is 19.4. The van der Waals surface area contributed by atoms with Crippen LogP contribution in [0.4, 0.5) is 5.69 Å². The van der Waals surface area contributed by atoms with Crippen LogP contribution < -0.4 is 16.0 Å². The van der Waals surface area contributed by atoms with Crippen LogP contribution in [-0.2, 0) is 4.79 Å². The molecule has 0 aromatic carbocycles. The molecule has 4 rings (SSSR count). The minimum absolute atomic E-state index is 0.00892. The minimum atomic E-state index is -0.240. The normalized spacial score (nSPS) is 17.6. The van der Waals surface area contributed by atoms with Crippen LogP contribution in [-0.4, -0.2) is 46.5 Å². The second-order valence-electron chi connectivity index (χ2n) is 7.23. The topological polar surface area (TPSA) is 124 Å². The third kappa shape index (κ3) is 3.43. The number of hydrogen-bond acceptors (Lipinski definition) is 6. The molecule has 0 spiro atoms. The van der Waals surface area contributed by atoms with E-state index in [4.69, 9.17) is 5.26 Å². The van der Waals surface area contributed by atoms with Crippen molar-refractivity contribution in [2.75, 3.05) is 19.4 Å². The van der Waals surface area contributed by atoms with Crippen molar-refractivity contribution >= 4 is 23.0 Å². The van der Waals surface area contributed by atoms with Gasteiger partial charge in [0.2, 0.25) is 5.91 Å². The number of hydrogen-bond donors (Lipinski definition) is 3. The van der Waals surface area contributed by atoms with Gasteiger partial charge in [0.25, 0.3) is 5.91 Å². The molecule has 1 aliphatic rings. The summed E-state index contributed by atoms with van der Waals surface area (Å²) in [4.78, 5) is 28.5. The summed E-state index contributed by atoms with van der Waals surface area (Å²) in [6, 6.07) is 9.49. The van der Waals surface area contributed by atoms with Gasteiger partial charge in [-0.05, 0) is 37.1 Å². The van der Waals surface area contributed by atoms with E-state index in [1.54, 1.807) is 24.7 Å². The van der Waals surface area contributed by atoms with Gasteiger partial charge in [-0.3, -0.25) is 14.6 Å². The van der Waals surface area contributed by atoms with E-state index in [0.29, 0.717) is 35.3 Å². The molecule has 3 N–H and O–H groups in total. The molecular formula is C21H21N7O2. The number of carbonyl (C=O) groups excluding carboxylic acids is 2. The first-order valence-electron chi connectivity index (χ1n) is 9.62. The Hall–Kier alpha value is -3.93. The highest BCUT2D eigenvalue weighted by molar-refractivity contribution is 5.99. The van der Waals surface area contributed by atoms with E-state index < -0.39 is 0 Å². The van der Waals surface area contributed by atoms with Gasteiger partial charge in [0.1, 0.15) is 6.07 Å². The summed E-state index contributed by atoms with van der Waals surface area (Å²) >= 11 is 0. The lowest BCUT2D eigenvalue weighted by molar-refractivity contribution is -0.127. The molecule has 3 aromatic rings. The molecule has 1 fully saturated rings. The van der Waals surface area contributed by atoms with Crippen molar-refractivity contribution in [3.05, 3.63) is 47.8 Å². The predicted octanol–water partition coefficient (Wildman–Crippen LogP) is 1.56. The summed E-state index contributed by atoms with van der Waals surface area (Å²) in [6.45, 7) is 0. The third-order valence-electron chi connectivity index (χ3n) is 5.38. The lowest BCUT2D eigenvalue weighted by Gasteiger charge is -2.35. The quantitative estimate of drug-likeness (QED) is 0.594. The van der Waals surface area contributed by atoms with Crippen molar-refractivity contribution in [2.45, 2.75) is 18.9 Å². The van der Waals surface area contributed by atoms with E-state index in [1.165, 1.54) is 12.4 Å². The number of nitrogens with one attached hydrogen (secondary N) is 3. The molecule has 9 heteroatoms. The lowest BCUT2D eigenvalue weighted by atomic mass is 9.79. The van der Waals surface area contributed by atoms with Crippen LogP contribution in [0.15, 0.2) is 36.7 Å². The predicted molar refractivity (Wildman–Crippen MR) is 111 cm³/mol. The van der Waals surface area contributed by atoms with Crippen LogP contribution in [0.2, 0.25) is 0 Å². The maximum absolute atomic E-state index is 12.3. The van der Waals surface area contributed by atoms with Crippen LogP contribution in [0.5, 0.6) is 0 Å². The molecule has 1 saturated carbocycles. The van der Waals surface area contributed by atoms with E-state index in [2.05, 4.69) is 32.1 Å². The van der Waals surface area contributed by atoms with Gasteiger partial charge in [-0.15, -0.1) is 0 Å². The largest absolute Gasteiger partial charge is 0.382 e. The first-order valence-corrected chi connectivity index (χ1v) is 9.62. The molecule has 0 atom stereocenters. The fraction of sp³-hybridized carbons (Fsp3) is 0.286. The number of rotatable bonds is 5. The zero-order valence-corrected chi connectivity index (χ0v) is 16.6. The number of nitrogens with zero attached hydrogens (tertiary/aromatic N) is 4. The van der Waals surface area contributed by atoms with Crippen molar-refractivity contribution in [1.82, 2.24) is 25.2 Å². The Balaban J connectivity index is 1.66. The molecule has 0 unspecified atom stereocenters. The maximum atomic E-state index is 12.3. The molecule has 30 heavy (non-hydrogen) atoms. The average molecular weight is 403 g/mol. The first-order chi connectivity index (χ1) is 14.5. The summed E-state index contributed by atoms with van der Waals surface area (Å²) in [7, 11) is 3.21. The Morgan fingerprint density at radius 2 is 1.97 bits per heavy atom. The van der Waals surface area contributed by atoms with Crippen molar-refractivity contribution in [2.24, 2.45) is 5.92 Å². The van der Waals surface area contributed by atoms with Crippen molar-refractivity contribution in [1.29, 1.82) is 5.26 Å². The maximum Gasteiger partial charge on any atom is 0.254 e. The smallest absolute Gasteiger partial charge is 0.254 e. The molecule has 2 amide bonds. The second-order valence-corrected chi connectivity index (χ2v) is 7.23. The van der Waals surface area contributed by atoms with E-state index >= 15 is 0 Å². The number of amides is 2. The van der Waals surface area contributed by atoms with Gasteiger partial charge in [0.15, 0.2) is 0 Å². The Morgan fingerprint density at radius 1 is 1.17 bits per heavy atom. The number of nitriles is 1. The minimum Gasteiger partial charge on any atom is -0.382 e. The summed E-state index contributed by atoms with van der Waals surface area (Å²) in [5, 5.41) is 22.1. The standard InChI is InChI=1S/C21H21N7O2/c1-23-20(29)13-6-14(7-13)27-17-8-18(25-11-16(17)21(30)24-2)19-4-3-15-5-12(9-22)10-26-28(15)19/h3-5,8,10-11,13-14H,6-7H2,1-2H3,(H,23,29)(H,24,30)(H,25,27)/t13-,14-. The van der Waals surface area contributed by atoms with Gasteiger partial charge in [-0.25, -0.2) is 4.52 Å². The zero-order valence-electron chi connectivity index (χ0n) is 16.6. The molecule has 9 nitrogen and oxygen atoms in total. The second kappa shape index (κ2) is 7.83. The van der Waals surface area contributed by atoms with Crippen LogP contribution in [0.3, 0.4) is 0 Å². The lowest BCUT2D eigenvalue weighted by Crippen LogP contribution is -2.43. The van der Waals surface area contributed by atoms with E-state index in [1.807, 2.05) is 18.2 Å². The Morgan fingerprint density at radius 3 is 2.67 bits per heavy atom. The van der Waals surface area contributed by atoms with Gasteiger partial charge in [-0.2, -0.15) is 10.4 Å². The molecule has 1 aliphatic carbocycles. The fourth-order valence-electron chi connectivity index (χ4n) is 3.66. The SMILES string of the molecule is CNC(=O)c1cnc(-c2ccc3cc(C#N)cnn23)cc1N[C@H]1C[C@H](C(=O)NC)C1. The van der Waals surface area contributed by atoms with Gasteiger partial charge in [0.05, 0.1) is 39.9 Å². The molecule has 0 saturated heterocycles. The van der Waals surface area contributed by atoms with Crippen molar-refractivity contribution in [3.8, 4) is 17.5 Å². The van der Waals surface area contributed by atoms with Crippen molar-refractivity contribution in [3.63, 3.8) is 0 Å². The molecule has 152 valence electrons. The molecule has 0 radical (unpaired) electrons. The summed E-state index contributed by atoms with van der Waals surface area (Å²) in [6.07, 6.45) is 4.45. The Labute approximate surface area is 173 Å². The highest BCUT2D eigenvalue weighted by atomic mass is 16.2. The summed E-state index contributed by atoms with van der Waals surface area (Å²) < 4.78 is 1.71. The molecular weight excluding hydrogens is 382 g/mol. The van der Waals surface area contributed by atoms with Crippen LogP contribution in [0.1, 0.15) is 28.8 Å². The van der Waals surface area contributed by atoms with Gasteiger partial charge >= 0.3 is 0 Å². The fourth-order valence-corrected chi connectivity index (χ4v) is 3.66. The number of fused-ring (bicyclic) bond motifs is 1. The monoisotopic (exact) mass is 403 g/mol. The van der Waals surface area contributed by atoms with Crippen LogP contribution >= 0.6 is 0 Å². The number of pyridine rings is 1. The average Bonchev–Trinajstić information content (AvgIpc) is 3.17. The van der Waals surface area contributed by atoms with E-state index in [0.717, 1.165) is 11.2 Å². The Kier molecular flexibility index (Phi) is 5.06. The zero-order chi connectivity index (χ0) is 21.3. The van der Waals surface area contributed by atoms with E-state index in [9.17, 15) is 9.59 Å².